The number of hydrogen-bond acceptors (Lipinski definition) is 4. The zero-order valence-electron chi connectivity index (χ0n) is 9.69. The van der Waals surface area contributed by atoms with Crippen molar-refractivity contribution in [3.63, 3.8) is 0 Å². The van der Waals surface area contributed by atoms with Crippen LogP contribution in [0.5, 0.6) is 0 Å². The van der Waals surface area contributed by atoms with Crippen LogP contribution in [-0.2, 0) is 6.18 Å². The third-order valence-electron chi connectivity index (χ3n) is 2.48. The molecule has 19 heavy (non-hydrogen) atoms. The van der Waals surface area contributed by atoms with Gasteiger partial charge < -0.3 is 10.4 Å². The lowest BCUT2D eigenvalue weighted by molar-refractivity contribution is -0.140. The minimum Gasteiger partial charge on any atom is -0.394 e. The number of nitrogens with zero attached hydrogens (tertiary/aromatic N) is 1. The fraction of sp³-hybridized carbons (Fsp3) is 0.250. The van der Waals surface area contributed by atoms with Gasteiger partial charge in [-0.15, -0.1) is 11.3 Å². The predicted octanol–water partition coefficient (Wildman–Crippen LogP) is 3.31. The van der Waals surface area contributed by atoms with E-state index in [-0.39, 0.29) is 11.7 Å². The van der Waals surface area contributed by atoms with E-state index in [0.717, 1.165) is 22.3 Å². The molecular formula is C12H11F3N2OS. The first-order valence-electron chi connectivity index (χ1n) is 5.46. The van der Waals surface area contributed by atoms with Gasteiger partial charge >= 0.3 is 6.18 Å². The van der Waals surface area contributed by atoms with Crippen LogP contribution in [-0.4, -0.2) is 16.7 Å². The highest BCUT2D eigenvalue weighted by molar-refractivity contribution is 7.13. The molecule has 2 N–H and O–H groups in total. The minimum atomic E-state index is -4.45. The summed E-state index contributed by atoms with van der Waals surface area (Å²) < 4.78 is 37.2. The van der Waals surface area contributed by atoms with Gasteiger partial charge in [0, 0.05) is 5.38 Å². The van der Waals surface area contributed by atoms with E-state index in [9.17, 15) is 18.3 Å². The zero-order chi connectivity index (χ0) is 13.9. The Morgan fingerprint density at radius 2 is 1.95 bits per heavy atom. The highest BCUT2D eigenvalue weighted by Gasteiger charge is 2.33. The highest BCUT2D eigenvalue weighted by Crippen LogP contribution is 2.32. The Kier molecular flexibility index (Phi) is 4.06. The lowest BCUT2D eigenvalue weighted by atomic mass is 10.1. The van der Waals surface area contributed by atoms with Gasteiger partial charge in [-0.3, -0.25) is 0 Å². The quantitative estimate of drug-likeness (QED) is 0.907. The van der Waals surface area contributed by atoms with Crippen molar-refractivity contribution >= 4 is 16.5 Å². The number of aliphatic hydroxyl groups is 1. The first kappa shape index (κ1) is 13.8. The summed E-state index contributed by atoms with van der Waals surface area (Å²) in [5, 5.41) is 13.2. The van der Waals surface area contributed by atoms with Crippen molar-refractivity contribution in [2.24, 2.45) is 0 Å². The molecule has 0 amide bonds. The summed E-state index contributed by atoms with van der Waals surface area (Å²) in [5.41, 5.74) is -0.140. The van der Waals surface area contributed by atoms with Gasteiger partial charge in [0.05, 0.1) is 12.6 Å². The van der Waals surface area contributed by atoms with E-state index < -0.39 is 17.9 Å². The van der Waals surface area contributed by atoms with Gasteiger partial charge in [0.25, 0.3) is 0 Å². The van der Waals surface area contributed by atoms with E-state index in [4.69, 9.17) is 0 Å². The van der Waals surface area contributed by atoms with Crippen LogP contribution in [0.1, 0.15) is 17.3 Å². The van der Waals surface area contributed by atoms with Crippen molar-refractivity contribution in [1.29, 1.82) is 0 Å². The van der Waals surface area contributed by atoms with Gasteiger partial charge in [-0.1, -0.05) is 30.3 Å². The molecule has 1 atom stereocenters. The van der Waals surface area contributed by atoms with Crippen LogP contribution in [0, 0.1) is 0 Å². The molecule has 1 heterocycles. The first-order valence-corrected chi connectivity index (χ1v) is 6.33. The lowest BCUT2D eigenvalue weighted by Gasteiger charge is -2.15. The highest BCUT2D eigenvalue weighted by atomic mass is 32.1. The normalized spacial score (nSPS) is 13.3. The number of thiazole rings is 1. The van der Waals surface area contributed by atoms with E-state index in [1.807, 2.05) is 6.07 Å². The summed E-state index contributed by atoms with van der Waals surface area (Å²) >= 11 is 0.861. The minimum absolute atomic E-state index is 0.134. The number of benzene rings is 1. The van der Waals surface area contributed by atoms with Crippen molar-refractivity contribution in [2.45, 2.75) is 12.2 Å². The molecule has 2 aromatic rings. The standard InChI is InChI=1S/C12H11F3N2OS/c13-12(14,15)10-7-19-11(17-10)16-9(6-18)8-4-2-1-3-5-8/h1-5,7,9,18H,6H2,(H,16,17)/t9-/m0/s1. The maximum absolute atomic E-state index is 12.4. The molecule has 0 aliphatic carbocycles. The number of anilines is 1. The molecular weight excluding hydrogens is 277 g/mol. The van der Waals surface area contributed by atoms with E-state index in [2.05, 4.69) is 10.3 Å². The van der Waals surface area contributed by atoms with E-state index in [1.165, 1.54) is 0 Å². The van der Waals surface area contributed by atoms with Gasteiger partial charge in [0.15, 0.2) is 10.8 Å². The van der Waals surface area contributed by atoms with Gasteiger partial charge in [-0.05, 0) is 5.56 Å². The molecule has 0 aliphatic rings. The molecule has 2 rings (SSSR count). The maximum Gasteiger partial charge on any atom is 0.434 e. The van der Waals surface area contributed by atoms with Crippen LogP contribution in [0.2, 0.25) is 0 Å². The van der Waals surface area contributed by atoms with E-state index in [0.29, 0.717) is 0 Å². The Hall–Kier alpha value is -1.60. The fourth-order valence-electron chi connectivity index (χ4n) is 1.54. The van der Waals surface area contributed by atoms with Crippen molar-refractivity contribution < 1.29 is 18.3 Å². The summed E-state index contributed by atoms with van der Waals surface area (Å²) in [7, 11) is 0. The number of aliphatic hydroxyl groups excluding tert-OH is 1. The molecule has 0 saturated heterocycles. The molecule has 0 bridgehead atoms. The van der Waals surface area contributed by atoms with Gasteiger partial charge in [-0.2, -0.15) is 13.2 Å². The van der Waals surface area contributed by atoms with Gasteiger partial charge in [0.2, 0.25) is 0 Å². The topological polar surface area (TPSA) is 45.1 Å². The van der Waals surface area contributed by atoms with Crippen molar-refractivity contribution in [3.8, 4) is 0 Å². The molecule has 0 unspecified atom stereocenters. The number of hydrogen-bond donors (Lipinski definition) is 2. The zero-order valence-corrected chi connectivity index (χ0v) is 10.5. The van der Waals surface area contributed by atoms with Crippen LogP contribution in [0.15, 0.2) is 35.7 Å². The molecule has 0 aliphatic heterocycles. The summed E-state index contributed by atoms with van der Waals surface area (Å²) in [6, 6.07) is 8.50. The number of halogens is 3. The first-order chi connectivity index (χ1) is 9.00. The van der Waals surface area contributed by atoms with Crippen molar-refractivity contribution in [2.75, 3.05) is 11.9 Å². The molecule has 7 heteroatoms. The smallest absolute Gasteiger partial charge is 0.394 e. The molecule has 3 nitrogen and oxygen atoms in total. The summed E-state index contributed by atoms with van der Waals surface area (Å²) in [5.74, 6) is 0. The molecule has 0 radical (unpaired) electrons. The molecule has 0 fully saturated rings. The van der Waals surface area contributed by atoms with Crippen LogP contribution in [0.4, 0.5) is 18.3 Å². The van der Waals surface area contributed by atoms with Crippen molar-refractivity contribution in [3.05, 3.63) is 47.0 Å². The van der Waals surface area contributed by atoms with Crippen LogP contribution >= 0.6 is 11.3 Å². The third-order valence-corrected chi connectivity index (χ3v) is 3.25. The molecule has 0 spiro atoms. The second kappa shape index (κ2) is 5.58. The Bertz CT molecular complexity index is 527. The Labute approximate surface area is 111 Å². The predicted molar refractivity (Wildman–Crippen MR) is 67.0 cm³/mol. The summed E-state index contributed by atoms with van der Waals surface area (Å²) in [4.78, 5) is 3.47. The number of aromatic nitrogens is 1. The second-order valence-electron chi connectivity index (χ2n) is 3.83. The van der Waals surface area contributed by atoms with Crippen LogP contribution < -0.4 is 5.32 Å². The van der Waals surface area contributed by atoms with E-state index >= 15 is 0 Å². The van der Waals surface area contributed by atoms with Crippen LogP contribution in [0.3, 0.4) is 0 Å². The third kappa shape index (κ3) is 3.45. The molecule has 1 aromatic carbocycles. The Morgan fingerprint density at radius 3 is 2.47 bits per heavy atom. The van der Waals surface area contributed by atoms with Crippen LogP contribution in [0.25, 0.3) is 0 Å². The monoisotopic (exact) mass is 288 g/mol. The lowest BCUT2D eigenvalue weighted by Crippen LogP contribution is -2.15. The molecule has 0 saturated carbocycles. The SMILES string of the molecule is OC[C@H](Nc1nc(C(F)(F)F)cs1)c1ccccc1. The average molecular weight is 288 g/mol. The van der Waals surface area contributed by atoms with Gasteiger partial charge in [0.1, 0.15) is 0 Å². The van der Waals surface area contributed by atoms with Crippen molar-refractivity contribution in [1.82, 2.24) is 4.98 Å². The largest absolute Gasteiger partial charge is 0.434 e. The second-order valence-corrected chi connectivity index (χ2v) is 4.68. The number of rotatable bonds is 4. The fourth-order valence-corrected chi connectivity index (χ4v) is 2.31. The van der Waals surface area contributed by atoms with Gasteiger partial charge in [-0.25, -0.2) is 4.98 Å². The molecule has 1 aromatic heterocycles. The van der Waals surface area contributed by atoms with E-state index in [1.54, 1.807) is 24.3 Å². The molecule has 102 valence electrons. The number of nitrogens with one attached hydrogen (secondary N) is 1. The maximum atomic E-state index is 12.4. The number of alkyl halides is 3. The summed E-state index contributed by atoms with van der Waals surface area (Å²) in [6.45, 7) is -0.231. The Balaban J connectivity index is 2.13. The Morgan fingerprint density at radius 1 is 1.26 bits per heavy atom. The summed E-state index contributed by atoms with van der Waals surface area (Å²) in [6.07, 6.45) is -4.45. The average Bonchev–Trinajstić information content (AvgIpc) is 2.85.